The van der Waals surface area contributed by atoms with Crippen LogP contribution >= 0.6 is 27.7 Å². The van der Waals surface area contributed by atoms with Crippen LogP contribution < -0.4 is 14.4 Å². The van der Waals surface area contributed by atoms with Gasteiger partial charge in [0, 0.05) is 9.37 Å². The van der Waals surface area contributed by atoms with Gasteiger partial charge in [-0.05, 0) is 60.7 Å². The zero-order valence-electron chi connectivity index (χ0n) is 20.8. The Kier molecular flexibility index (Phi) is 4.14. The van der Waals surface area contributed by atoms with E-state index in [4.69, 9.17) is 28.3 Å². The fourth-order valence-electron chi connectivity index (χ4n) is 5.81. The number of benzene rings is 5. The lowest BCUT2D eigenvalue weighted by atomic mass is 10.0. The van der Waals surface area contributed by atoms with E-state index in [1.54, 1.807) is 11.8 Å². The molecule has 0 saturated heterocycles. The molecule has 0 spiro atoms. The summed E-state index contributed by atoms with van der Waals surface area (Å²) in [7, 11) is 0. The number of hydrogen-bond acceptors (Lipinski definition) is 8. The molecular weight excluding hydrogens is 602 g/mol. The van der Waals surface area contributed by atoms with Crippen molar-refractivity contribution in [1.29, 1.82) is 0 Å². The molecule has 5 aromatic carbocycles. The van der Waals surface area contributed by atoms with Crippen LogP contribution in [-0.4, -0.2) is 9.97 Å². The third-order valence-corrected chi connectivity index (χ3v) is 9.18. The molecule has 3 aliphatic rings. The Morgan fingerprint density at radius 3 is 2.02 bits per heavy atom. The zero-order chi connectivity index (χ0) is 26.8. The van der Waals surface area contributed by atoms with E-state index in [0.29, 0.717) is 29.0 Å². The van der Waals surface area contributed by atoms with Gasteiger partial charge >= 0.3 is 0 Å². The zero-order valence-corrected chi connectivity index (χ0v) is 23.2. The molecule has 0 unspecified atom stereocenters. The molecule has 3 aliphatic heterocycles. The first-order chi connectivity index (χ1) is 20.2. The number of fused-ring (bicyclic) bond motifs is 2. The SMILES string of the molecule is Brc1cc2c3c(c1)Oc1c(-c4nc5ccccc5o4)ccc4c1N3c1c(ccc(-c3nc5ccccc5o3)c1S4)O2. The van der Waals surface area contributed by atoms with Gasteiger partial charge in [0.05, 0.1) is 16.0 Å². The van der Waals surface area contributed by atoms with Gasteiger partial charge in [-0.15, -0.1) is 0 Å². The lowest BCUT2D eigenvalue weighted by Crippen LogP contribution is -2.24. The number of hydrogen-bond donors (Lipinski definition) is 0. The minimum Gasteiger partial charge on any atom is -0.453 e. The minimum absolute atomic E-state index is 0.507. The molecule has 9 heteroatoms. The predicted octanol–water partition coefficient (Wildman–Crippen LogP) is 10.2. The Bertz CT molecular complexity index is 2220. The summed E-state index contributed by atoms with van der Waals surface area (Å²) in [6, 6.07) is 27.6. The summed E-state index contributed by atoms with van der Waals surface area (Å²) in [5.41, 5.74) is 7.47. The summed E-state index contributed by atoms with van der Waals surface area (Å²) in [6.45, 7) is 0. The molecule has 5 heterocycles. The summed E-state index contributed by atoms with van der Waals surface area (Å²) >= 11 is 5.29. The van der Waals surface area contributed by atoms with Crippen LogP contribution in [0, 0.1) is 0 Å². The third kappa shape index (κ3) is 2.94. The van der Waals surface area contributed by atoms with Crippen molar-refractivity contribution in [1.82, 2.24) is 9.97 Å². The Hall–Kier alpha value is -4.73. The van der Waals surface area contributed by atoms with Gasteiger partial charge in [0.25, 0.3) is 0 Å². The average Bonchev–Trinajstić information content (AvgIpc) is 3.61. The highest BCUT2D eigenvalue weighted by Crippen LogP contribution is 2.69. The first-order valence-corrected chi connectivity index (χ1v) is 14.5. The lowest BCUT2D eigenvalue weighted by molar-refractivity contribution is 0.442. The molecule has 194 valence electrons. The molecule has 41 heavy (non-hydrogen) atoms. The van der Waals surface area contributed by atoms with Crippen molar-refractivity contribution in [3.8, 4) is 45.9 Å². The highest BCUT2D eigenvalue weighted by atomic mass is 79.9. The highest BCUT2D eigenvalue weighted by Gasteiger charge is 2.43. The molecule has 10 rings (SSSR count). The largest absolute Gasteiger partial charge is 0.453 e. The van der Waals surface area contributed by atoms with Crippen molar-refractivity contribution in [2.75, 3.05) is 4.90 Å². The molecule has 0 N–H and O–H groups in total. The first-order valence-electron chi connectivity index (χ1n) is 12.9. The second kappa shape index (κ2) is 7.72. The number of aromatic nitrogens is 2. The third-order valence-electron chi connectivity index (χ3n) is 7.56. The van der Waals surface area contributed by atoms with Crippen LogP contribution in [0.3, 0.4) is 0 Å². The number of ether oxygens (including phenoxy) is 2. The van der Waals surface area contributed by atoms with Crippen molar-refractivity contribution in [2.24, 2.45) is 0 Å². The van der Waals surface area contributed by atoms with Gasteiger partial charge in [-0.25, -0.2) is 9.97 Å². The molecule has 7 aromatic rings. The summed E-state index contributed by atoms with van der Waals surface area (Å²) in [6.07, 6.45) is 0. The quantitative estimate of drug-likeness (QED) is 0.190. The molecule has 0 amide bonds. The van der Waals surface area contributed by atoms with E-state index in [1.807, 2.05) is 78.9 Å². The molecule has 0 fully saturated rings. The van der Waals surface area contributed by atoms with Crippen LogP contribution in [-0.2, 0) is 0 Å². The lowest BCUT2D eigenvalue weighted by Gasteiger charge is -2.42. The molecule has 0 bridgehead atoms. The van der Waals surface area contributed by atoms with Crippen LogP contribution in [0.5, 0.6) is 23.0 Å². The van der Waals surface area contributed by atoms with E-state index < -0.39 is 0 Å². The molecule has 0 radical (unpaired) electrons. The van der Waals surface area contributed by atoms with E-state index in [1.165, 1.54) is 0 Å². The Morgan fingerprint density at radius 1 is 0.634 bits per heavy atom. The fraction of sp³-hybridized carbons (Fsp3) is 0. The average molecular weight is 616 g/mol. The van der Waals surface area contributed by atoms with E-state index in [-0.39, 0.29) is 0 Å². The van der Waals surface area contributed by atoms with Crippen LogP contribution in [0.1, 0.15) is 0 Å². The maximum absolute atomic E-state index is 6.67. The summed E-state index contributed by atoms with van der Waals surface area (Å²) in [5, 5.41) is 0. The summed E-state index contributed by atoms with van der Waals surface area (Å²) in [5.74, 6) is 3.88. The summed E-state index contributed by atoms with van der Waals surface area (Å²) < 4.78 is 26.4. The predicted molar refractivity (Wildman–Crippen MR) is 159 cm³/mol. The highest BCUT2D eigenvalue weighted by molar-refractivity contribution is 9.10. The van der Waals surface area contributed by atoms with Gasteiger partial charge in [-0.1, -0.05) is 52.0 Å². The molecule has 2 aromatic heterocycles. The normalized spacial score (nSPS) is 13.7. The number of anilines is 3. The number of para-hydroxylation sites is 4. The molecule has 7 nitrogen and oxygen atoms in total. The smallest absolute Gasteiger partial charge is 0.231 e. The van der Waals surface area contributed by atoms with E-state index in [2.05, 4.69) is 26.9 Å². The molecule has 0 atom stereocenters. The van der Waals surface area contributed by atoms with Crippen LogP contribution in [0.25, 0.3) is 45.1 Å². The van der Waals surface area contributed by atoms with Crippen LogP contribution in [0.4, 0.5) is 17.1 Å². The molecule has 0 saturated carbocycles. The topological polar surface area (TPSA) is 73.8 Å². The van der Waals surface area contributed by atoms with Crippen molar-refractivity contribution in [2.45, 2.75) is 9.79 Å². The number of rotatable bonds is 2. The maximum atomic E-state index is 6.67. The van der Waals surface area contributed by atoms with Crippen molar-refractivity contribution >= 4 is 67.0 Å². The van der Waals surface area contributed by atoms with E-state index >= 15 is 0 Å². The van der Waals surface area contributed by atoms with Crippen LogP contribution in [0.2, 0.25) is 0 Å². The number of oxazole rings is 2. The van der Waals surface area contributed by atoms with Crippen molar-refractivity contribution in [3.63, 3.8) is 0 Å². The standard InChI is InChI=1S/C32H14BrN3O4S/c33-15-13-23-26-24(14-15)38-29-16(31-34-18-5-1-3-7-20(18)39-31)10-12-25-28(29)36(26)27-22(37-23)11-9-17(30(27)41-25)32-35-19-6-2-4-8-21(19)40-32/h1-14H. The van der Waals surface area contributed by atoms with Gasteiger partial charge in [-0.3, -0.25) is 4.90 Å². The Labute approximate surface area is 244 Å². The van der Waals surface area contributed by atoms with Crippen LogP contribution in [0.15, 0.2) is 108 Å². The van der Waals surface area contributed by atoms with Gasteiger partial charge in [0.1, 0.15) is 28.1 Å². The summed E-state index contributed by atoms with van der Waals surface area (Å²) in [4.78, 5) is 13.9. The second-order valence-corrected chi connectivity index (χ2v) is 11.9. The number of nitrogens with zero attached hydrogens (tertiary/aromatic N) is 3. The Morgan fingerprint density at radius 2 is 1.29 bits per heavy atom. The Balaban J connectivity index is 1.25. The van der Waals surface area contributed by atoms with Gasteiger partial charge < -0.3 is 18.3 Å². The monoisotopic (exact) mass is 615 g/mol. The van der Waals surface area contributed by atoms with Gasteiger partial charge in [0.15, 0.2) is 34.2 Å². The van der Waals surface area contributed by atoms with Gasteiger partial charge in [0.2, 0.25) is 11.8 Å². The van der Waals surface area contributed by atoms with Gasteiger partial charge in [-0.2, -0.15) is 0 Å². The van der Waals surface area contributed by atoms with E-state index in [9.17, 15) is 0 Å². The van der Waals surface area contributed by atoms with Crippen molar-refractivity contribution < 1.29 is 18.3 Å². The molecular formula is C32H14BrN3O4S. The second-order valence-electron chi connectivity index (χ2n) is 9.94. The maximum Gasteiger partial charge on any atom is 0.231 e. The molecule has 0 aliphatic carbocycles. The van der Waals surface area contributed by atoms with E-state index in [0.717, 1.165) is 70.4 Å². The minimum atomic E-state index is 0.507. The number of halogens is 1. The first kappa shape index (κ1) is 22.0. The van der Waals surface area contributed by atoms with Crippen molar-refractivity contribution in [3.05, 3.63) is 89.4 Å². The fourth-order valence-corrected chi connectivity index (χ4v) is 7.42.